The number of hydrogen-bond acceptors (Lipinski definition) is 7. The largest absolute Gasteiger partial charge is 0.497 e. The molecule has 0 saturated heterocycles. The van der Waals surface area contributed by atoms with E-state index in [4.69, 9.17) is 18.6 Å². The van der Waals surface area contributed by atoms with Gasteiger partial charge in [0.25, 0.3) is 0 Å². The summed E-state index contributed by atoms with van der Waals surface area (Å²) < 4.78 is 21.8. The van der Waals surface area contributed by atoms with Crippen molar-refractivity contribution in [3.05, 3.63) is 82.2 Å². The molecule has 4 aromatic rings. The molecule has 8 heteroatoms. The fourth-order valence-electron chi connectivity index (χ4n) is 4.07. The van der Waals surface area contributed by atoms with Crippen LogP contribution in [0.25, 0.3) is 21.7 Å². The van der Waals surface area contributed by atoms with Crippen molar-refractivity contribution < 1.29 is 28.2 Å². The molecule has 0 bridgehead atoms. The van der Waals surface area contributed by atoms with Gasteiger partial charge in [-0.05, 0) is 49.2 Å². The molecule has 1 unspecified atom stereocenters. The number of carbonyl (C=O) groups is 2. The van der Waals surface area contributed by atoms with Gasteiger partial charge in [-0.15, -0.1) is 0 Å². The fraction of sp³-hybridized carbons (Fsp3) is 0.276. The molecule has 1 aromatic heterocycles. The number of benzene rings is 3. The minimum Gasteiger partial charge on any atom is -0.497 e. The first kappa shape index (κ1) is 25.8. The van der Waals surface area contributed by atoms with Crippen LogP contribution in [0, 0.1) is 6.92 Å². The number of nitrogens with one attached hydrogen (secondary N) is 1. The standard InChI is InChI=1S/C29H29NO7/c1-4-5-11-24(30-29(33)35-17-19-9-7-6-8-10-19)28(32)36-25-15-14-22-21-13-12-20(34-3)16-23(21)27(31)37-26(22)18(25)2/h6-10,12-16,24H,4-5,11,17H2,1-3H3,(H,30,33). The molecule has 3 aromatic carbocycles. The molecule has 8 nitrogen and oxygen atoms in total. The summed E-state index contributed by atoms with van der Waals surface area (Å²) in [6, 6.07) is 17.0. The summed E-state index contributed by atoms with van der Waals surface area (Å²) in [5.74, 6) is 0.171. The number of hydrogen-bond donors (Lipinski definition) is 1. The SMILES string of the molecule is CCCCC(NC(=O)OCc1ccccc1)C(=O)Oc1ccc2c(oc(=O)c3cc(OC)ccc32)c1C. The van der Waals surface area contributed by atoms with Crippen LogP contribution in [-0.2, 0) is 16.1 Å². The van der Waals surface area contributed by atoms with Gasteiger partial charge in [0.05, 0.1) is 12.5 Å². The minimum atomic E-state index is -0.894. The average Bonchev–Trinajstić information content (AvgIpc) is 2.92. The number of ether oxygens (including phenoxy) is 3. The van der Waals surface area contributed by atoms with Gasteiger partial charge in [0.1, 0.15) is 29.7 Å². The number of fused-ring (bicyclic) bond motifs is 3. The smallest absolute Gasteiger partial charge is 0.408 e. The van der Waals surface area contributed by atoms with Gasteiger partial charge in [-0.1, -0.05) is 50.1 Å². The van der Waals surface area contributed by atoms with Crippen molar-refractivity contribution in [3.8, 4) is 11.5 Å². The zero-order chi connectivity index (χ0) is 26.4. The Morgan fingerprint density at radius 3 is 2.49 bits per heavy atom. The predicted octanol–water partition coefficient (Wildman–Crippen LogP) is 5.65. The Kier molecular flexibility index (Phi) is 8.08. The van der Waals surface area contributed by atoms with E-state index in [1.54, 1.807) is 37.3 Å². The molecule has 1 amide bonds. The number of carbonyl (C=O) groups excluding carboxylic acids is 2. The summed E-state index contributed by atoms with van der Waals surface area (Å²) in [4.78, 5) is 38.1. The Morgan fingerprint density at radius 2 is 1.76 bits per heavy atom. The first-order chi connectivity index (χ1) is 17.9. The van der Waals surface area contributed by atoms with E-state index in [-0.39, 0.29) is 12.4 Å². The highest BCUT2D eigenvalue weighted by atomic mass is 16.6. The van der Waals surface area contributed by atoms with Crippen molar-refractivity contribution in [2.75, 3.05) is 7.11 Å². The van der Waals surface area contributed by atoms with Crippen molar-refractivity contribution in [2.24, 2.45) is 0 Å². The maximum atomic E-state index is 13.1. The van der Waals surface area contributed by atoms with E-state index in [1.165, 1.54) is 7.11 Å². The Labute approximate surface area is 214 Å². The van der Waals surface area contributed by atoms with E-state index in [0.29, 0.717) is 45.9 Å². The van der Waals surface area contributed by atoms with Crippen molar-refractivity contribution in [2.45, 2.75) is 45.8 Å². The quantitative estimate of drug-likeness (QED) is 0.136. The molecule has 1 N–H and O–H groups in total. The van der Waals surface area contributed by atoms with Gasteiger partial charge >= 0.3 is 17.7 Å². The third kappa shape index (κ3) is 5.91. The first-order valence-electron chi connectivity index (χ1n) is 12.1. The number of unbranched alkanes of at least 4 members (excludes halogenated alkanes) is 1. The highest BCUT2D eigenvalue weighted by molar-refractivity contribution is 6.06. The van der Waals surface area contributed by atoms with Crippen LogP contribution in [0.3, 0.4) is 0 Å². The molecule has 0 spiro atoms. The van der Waals surface area contributed by atoms with Crippen molar-refractivity contribution in [3.63, 3.8) is 0 Å². The van der Waals surface area contributed by atoms with Crippen LogP contribution in [-0.4, -0.2) is 25.2 Å². The van der Waals surface area contributed by atoms with Crippen LogP contribution < -0.4 is 20.4 Å². The van der Waals surface area contributed by atoms with E-state index >= 15 is 0 Å². The van der Waals surface area contributed by atoms with Crippen LogP contribution in [0.1, 0.15) is 37.3 Å². The van der Waals surface area contributed by atoms with Crippen LogP contribution in [0.4, 0.5) is 4.79 Å². The molecule has 0 aliphatic carbocycles. The van der Waals surface area contributed by atoms with Gasteiger partial charge in [0, 0.05) is 16.3 Å². The maximum absolute atomic E-state index is 13.1. The van der Waals surface area contributed by atoms with Crippen LogP contribution >= 0.6 is 0 Å². The lowest BCUT2D eigenvalue weighted by atomic mass is 10.0. The molecule has 4 rings (SSSR count). The van der Waals surface area contributed by atoms with Crippen molar-refractivity contribution in [1.82, 2.24) is 5.32 Å². The Bertz CT molecular complexity index is 1480. The van der Waals surface area contributed by atoms with Gasteiger partial charge in [-0.25, -0.2) is 14.4 Å². The third-order valence-corrected chi connectivity index (χ3v) is 6.13. The molecule has 0 aliphatic rings. The molecule has 0 saturated carbocycles. The molecular weight excluding hydrogens is 474 g/mol. The molecular formula is C29H29NO7. The molecule has 1 atom stereocenters. The molecule has 0 radical (unpaired) electrons. The Hall–Kier alpha value is -4.33. The molecule has 192 valence electrons. The zero-order valence-corrected chi connectivity index (χ0v) is 21.0. The highest BCUT2D eigenvalue weighted by Crippen LogP contribution is 2.32. The fourth-order valence-corrected chi connectivity index (χ4v) is 4.07. The second-order valence-electron chi connectivity index (χ2n) is 8.69. The molecule has 37 heavy (non-hydrogen) atoms. The third-order valence-electron chi connectivity index (χ3n) is 6.13. The summed E-state index contributed by atoms with van der Waals surface area (Å²) in [6.45, 7) is 3.79. The summed E-state index contributed by atoms with van der Waals surface area (Å²) in [5, 5.41) is 4.43. The van der Waals surface area contributed by atoms with Crippen molar-refractivity contribution in [1.29, 1.82) is 0 Å². The lowest BCUT2D eigenvalue weighted by molar-refractivity contribution is -0.136. The number of amides is 1. The molecule has 0 aliphatic heterocycles. The van der Waals surface area contributed by atoms with Gasteiger partial charge in [-0.2, -0.15) is 0 Å². The predicted molar refractivity (Wildman–Crippen MR) is 140 cm³/mol. The van der Waals surface area contributed by atoms with Gasteiger partial charge in [-0.3, -0.25) is 0 Å². The van der Waals surface area contributed by atoms with Crippen LogP contribution in [0.5, 0.6) is 11.5 Å². The molecule has 1 heterocycles. The van der Waals surface area contributed by atoms with E-state index in [1.807, 2.05) is 37.3 Å². The highest BCUT2D eigenvalue weighted by Gasteiger charge is 2.24. The molecule has 0 fully saturated rings. The number of rotatable bonds is 9. The second kappa shape index (κ2) is 11.6. The number of aryl methyl sites for hydroxylation is 1. The van der Waals surface area contributed by atoms with Crippen LogP contribution in [0.2, 0.25) is 0 Å². The first-order valence-corrected chi connectivity index (χ1v) is 12.1. The van der Waals surface area contributed by atoms with Gasteiger partial charge < -0.3 is 23.9 Å². The van der Waals surface area contributed by atoms with E-state index in [0.717, 1.165) is 12.0 Å². The van der Waals surface area contributed by atoms with E-state index in [2.05, 4.69) is 5.32 Å². The minimum absolute atomic E-state index is 0.0882. The topological polar surface area (TPSA) is 104 Å². The lowest BCUT2D eigenvalue weighted by Crippen LogP contribution is -2.43. The van der Waals surface area contributed by atoms with E-state index < -0.39 is 23.7 Å². The Balaban J connectivity index is 1.54. The summed E-state index contributed by atoms with van der Waals surface area (Å²) in [5.41, 5.74) is 1.15. The monoisotopic (exact) mass is 503 g/mol. The maximum Gasteiger partial charge on any atom is 0.408 e. The number of methoxy groups -OCH3 is 1. The lowest BCUT2D eigenvalue weighted by Gasteiger charge is -2.18. The van der Waals surface area contributed by atoms with Crippen LogP contribution in [0.15, 0.2) is 69.9 Å². The zero-order valence-electron chi connectivity index (χ0n) is 21.0. The van der Waals surface area contributed by atoms with Gasteiger partial charge in [0.2, 0.25) is 0 Å². The van der Waals surface area contributed by atoms with E-state index in [9.17, 15) is 14.4 Å². The number of esters is 1. The summed E-state index contributed by atoms with van der Waals surface area (Å²) in [6.07, 6.45) is 1.23. The van der Waals surface area contributed by atoms with Gasteiger partial charge in [0.15, 0.2) is 0 Å². The normalized spacial score (nSPS) is 11.8. The van der Waals surface area contributed by atoms with Crippen molar-refractivity contribution >= 4 is 33.8 Å². The average molecular weight is 504 g/mol. The Morgan fingerprint density at radius 1 is 1.00 bits per heavy atom. The summed E-state index contributed by atoms with van der Waals surface area (Å²) >= 11 is 0. The number of alkyl carbamates (subject to hydrolysis) is 1. The second-order valence-corrected chi connectivity index (χ2v) is 8.69. The summed E-state index contributed by atoms with van der Waals surface area (Å²) in [7, 11) is 1.53.